The summed E-state index contributed by atoms with van der Waals surface area (Å²) in [4.78, 5) is 15.6. The molecule has 1 aliphatic rings. The lowest BCUT2D eigenvalue weighted by atomic mass is 10.1. The second kappa shape index (κ2) is 4.76. The number of benzene rings is 1. The van der Waals surface area contributed by atoms with Gasteiger partial charge in [0.2, 0.25) is 0 Å². The van der Waals surface area contributed by atoms with Crippen LogP contribution < -0.4 is 5.32 Å². The number of nitrogens with zero attached hydrogens (tertiary/aromatic N) is 1. The minimum absolute atomic E-state index is 0.0134. The molecule has 0 atom stereocenters. The van der Waals surface area contributed by atoms with Gasteiger partial charge in [-0.15, -0.1) is 0 Å². The zero-order chi connectivity index (χ0) is 14.2. The van der Waals surface area contributed by atoms with E-state index < -0.39 is 5.97 Å². The number of hydrogen-bond acceptors (Lipinski definition) is 4. The third-order valence-corrected chi connectivity index (χ3v) is 3.90. The van der Waals surface area contributed by atoms with E-state index in [0.717, 1.165) is 12.8 Å². The second-order valence-corrected chi connectivity index (χ2v) is 5.39. The van der Waals surface area contributed by atoms with Gasteiger partial charge in [0.05, 0.1) is 17.7 Å². The molecule has 3 rings (SSSR count). The molecule has 20 heavy (non-hydrogen) atoms. The zero-order valence-corrected chi connectivity index (χ0v) is 11.0. The van der Waals surface area contributed by atoms with Crippen LogP contribution in [0.2, 0.25) is 0 Å². The number of aliphatic hydroxyl groups excluding tert-OH is 1. The fraction of sp³-hybridized carbons (Fsp3) is 0.333. The number of carbonyl (C=O) groups is 1. The van der Waals surface area contributed by atoms with Crippen LogP contribution in [-0.4, -0.2) is 34.3 Å². The zero-order valence-electron chi connectivity index (χ0n) is 11.0. The molecule has 5 heteroatoms. The maximum atomic E-state index is 11.1. The van der Waals surface area contributed by atoms with E-state index in [1.54, 1.807) is 30.3 Å². The van der Waals surface area contributed by atoms with Crippen LogP contribution in [0.1, 0.15) is 23.2 Å². The van der Waals surface area contributed by atoms with Crippen LogP contribution >= 0.6 is 0 Å². The molecule has 2 aromatic rings. The maximum Gasteiger partial charge on any atom is 0.336 e. The summed E-state index contributed by atoms with van der Waals surface area (Å²) in [5.41, 5.74) is 0.929. The first-order valence-corrected chi connectivity index (χ1v) is 6.61. The summed E-state index contributed by atoms with van der Waals surface area (Å²) in [6.45, 7) is 0.886. The number of fused-ring (bicyclic) bond motifs is 1. The lowest BCUT2D eigenvalue weighted by Gasteiger charge is -2.13. The van der Waals surface area contributed by atoms with Crippen molar-refractivity contribution in [1.29, 1.82) is 0 Å². The minimum atomic E-state index is -0.949. The Morgan fingerprint density at radius 1 is 1.30 bits per heavy atom. The molecule has 1 aliphatic carbocycles. The Morgan fingerprint density at radius 3 is 2.75 bits per heavy atom. The average Bonchev–Trinajstić information content (AvgIpc) is 3.24. The van der Waals surface area contributed by atoms with Crippen molar-refractivity contribution in [3.05, 3.63) is 35.9 Å². The molecule has 1 aromatic heterocycles. The number of aromatic carboxylic acids is 1. The third-order valence-electron chi connectivity index (χ3n) is 3.90. The molecular formula is C15H16N2O3. The molecule has 1 heterocycles. The Morgan fingerprint density at radius 2 is 2.10 bits per heavy atom. The minimum Gasteiger partial charge on any atom is -0.478 e. The van der Waals surface area contributed by atoms with Gasteiger partial charge in [0.1, 0.15) is 5.82 Å². The van der Waals surface area contributed by atoms with Gasteiger partial charge in [0.15, 0.2) is 0 Å². The number of nitrogens with one attached hydrogen (secondary N) is 1. The summed E-state index contributed by atoms with van der Waals surface area (Å²) in [7, 11) is 0. The fourth-order valence-corrected chi connectivity index (χ4v) is 2.29. The number of carboxylic acid groups (broad SMARTS) is 1. The fourth-order valence-electron chi connectivity index (χ4n) is 2.29. The van der Waals surface area contributed by atoms with E-state index in [4.69, 9.17) is 5.11 Å². The molecule has 104 valence electrons. The van der Waals surface area contributed by atoms with Gasteiger partial charge < -0.3 is 15.5 Å². The predicted molar refractivity (Wildman–Crippen MR) is 75.9 cm³/mol. The number of carboxylic acids is 1. The Kier molecular flexibility index (Phi) is 3.06. The van der Waals surface area contributed by atoms with Crippen molar-refractivity contribution in [1.82, 2.24) is 4.98 Å². The van der Waals surface area contributed by atoms with Crippen LogP contribution in [0.15, 0.2) is 30.3 Å². The highest BCUT2D eigenvalue weighted by Gasteiger charge is 2.41. The van der Waals surface area contributed by atoms with Gasteiger partial charge in [-0.05, 0) is 37.1 Å². The van der Waals surface area contributed by atoms with Crippen molar-refractivity contribution in [2.45, 2.75) is 12.8 Å². The van der Waals surface area contributed by atoms with E-state index in [9.17, 15) is 9.90 Å². The Labute approximate surface area is 116 Å². The van der Waals surface area contributed by atoms with Gasteiger partial charge in [-0.3, -0.25) is 0 Å². The number of anilines is 1. The number of pyridine rings is 1. The van der Waals surface area contributed by atoms with Crippen LogP contribution in [0.5, 0.6) is 0 Å². The van der Waals surface area contributed by atoms with E-state index >= 15 is 0 Å². The summed E-state index contributed by atoms with van der Waals surface area (Å²) in [5, 5.41) is 22.3. The highest BCUT2D eigenvalue weighted by molar-refractivity contribution is 6.02. The van der Waals surface area contributed by atoms with Crippen LogP contribution in [0.25, 0.3) is 10.9 Å². The first-order valence-electron chi connectivity index (χ1n) is 6.61. The number of aromatic nitrogens is 1. The van der Waals surface area contributed by atoms with Crippen LogP contribution in [-0.2, 0) is 0 Å². The van der Waals surface area contributed by atoms with Gasteiger partial charge in [-0.2, -0.15) is 0 Å². The molecule has 0 spiro atoms. The second-order valence-electron chi connectivity index (χ2n) is 5.39. The van der Waals surface area contributed by atoms with Crippen molar-refractivity contribution in [3.63, 3.8) is 0 Å². The van der Waals surface area contributed by atoms with Gasteiger partial charge in [0, 0.05) is 17.3 Å². The molecule has 1 saturated carbocycles. The lowest BCUT2D eigenvalue weighted by molar-refractivity contribution is 0.0699. The molecular weight excluding hydrogens is 256 g/mol. The standard InChI is InChI=1S/C15H16N2O3/c18-9-15(6-7-15)8-16-13-5-4-10-11(14(19)20)2-1-3-12(10)17-13/h1-5,18H,6-9H2,(H,16,17)(H,19,20). The molecule has 1 fully saturated rings. The van der Waals surface area contributed by atoms with Crippen LogP contribution in [0.3, 0.4) is 0 Å². The Bertz CT molecular complexity index is 665. The lowest BCUT2D eigenvalue weighted by Crippen LogP contribution is -2.19. The predicted octanol–water partition coefficient (Wildman–Crippen LogP) is 2.12. The molecule has 0 saturated heterocycles. The highest BCUT2D eigenvalue weighted by atomic mass is 16.4. The summed E-state index contributed by atoms with van der Waals surface area (Å²) < 4.78 is 0. The monoisotopic (exact) mass is 272 g/mol. The number of rotatable bonds is 5. The molecule has 0 amide bonds. The van der Waals surface area contributed by atoms with E-state index in [-0.39, 0.29) is 17.6 Å². The van der Waals surface area contributed by atoms with Gasteiger partial charge >= 0.3 is 5.97 Å². The summed E-state index contributed by atoms with van der Waals surface area (Å²) in [5.74, 6) is -0.241. The average molecular weight is 272 g/mol. The van der Waals surface area contributed by atoms with Crippen molar-refractivity contribution in [3.8, 4) is 0 Å². The van der Waals surface area contributed by atoms with Gasteiger partial charge in [0.25, 0.3) is 0 Å². The molecule has 3 N–H and O–H groups in total. The highest BCUT2D eigenvalue weighted by Crippen LogP contribution is 2.44. The van der Waals surface area contributed by atoms with Crippen molar-refractivity contribution in [2.24, 2.45) is 5.41 Å². The quantitative estimate of drug-likeness (QED) is 0.776. The summed E-state index contributed by atoms with van der Waals surface area (Å²) >= 11 is 0. The smallest absolute Gasteiger partial charge is 0.336 e. The molecule has 0 aliphatic heterocycles. The normalized spacial score (nSPS) is 16.1. The van der Waals surface area contributed by atoms with E-state index in [0.29, 0.717) is 23.3 Å². The molecule has 0 unspecified atom stereocenters. The molecule has 5 nitrogen and oxygen atoms in total. The largest absolute Gasteiger partial charge is 0.478 e. The van der Waals surface area contributed by atoms with E-state index in [2.05, 4.69) is 10.3 Å². The van der Waals surface area contributed by atoms with E-state index in [1.807, 2.05) is 0 Å². The molecule has 0 bridgehead atoms. The third kappa shape index (κ3) is 2.32. The Hall–Kier alpha value is -2.14. The van der Waals surface area contributed by atoms with Crippen molar-refractivity contribution < 1.29 is 15.0 Å². The van der Waals surface area contributed by atoms with Gasteiger partial charge in [-0.1, -0.05) is 6.07 Å². The molecule has 1 aromatic carbocycles. The summed E-state index contributed by atoms with van der Waals surface area (Å²) in [6, 6.07) is 8.61. The first-order chi connectivity index (χ1) is 9.63. The van der Waals surface area contributed by atoms with E-state index in [1.165, 1.54) is 0 Å². The van der Waals surface area contributed by atoms with Gasteiger partial charge in [-0.25, -0.2) is 9.78 Å². The Balaban J connectivity index is 1.86. The SMILES string of the molecule is O=C(O)c1cccc2nc(NCC3(CO)CC3)ccc12. The first kappa shape index (κ1) is 12.9. The van der Waals surface area contributed by atoms with Crippen molar-refractivity contribution in [2.75, 3.05) is 18.5 Å². The van der Waals surface area contributed by atoms with Crippen LogP contribution in [0, 0.1) is 5.41 Å². The van der Waals surface area contributed by atoms with Crippen LogP contribution in [0.4, 0.5) is 5.82 Å². The topological polar surface area (TPSA) is 82.5 Å². The number of hydrogen-bond donors (Lipinski definition) is 3. The summed E-state index contributed by atoms with van der Waals surface area (Å²) in [6.07, 6.45) is 2.07. The molecule has 0 radical (unpaired) electrons. The van der Waals surface area contributed by atoms with Crippen molar-refractivity contribution >= 4 is 22.7 Å². The maximum absolute atomic E-state index is 11.1. The number of aliphatic hydroxyl groups is 1.